The second-order valence-corrected chi connectivity index (χ2v) is 15.1. The van der Waals surface area contributed by atoms with Crippen molar-refractivity contribution in [3.63, 3.8) is 0 Å². The molecule has 0 heterocycles. The van der Waals surface area contributed by atoms with Gasteiger partial charge in [0.15, 0.2) is 0 Å². The lowest BCUT2D eigenvalue weighted by Crippen LogP contribution is -2.72. The van der Waals surface area contributed by atoms with Crippen LogP contribution in [-0.2, 0) is 8.23 Å². The fraction of sp³-hybridized carbons (Fsp3) is 0.111. The van der Waals surface area contributed by atoms with Gasteiger partial charge in [-0.3, -0.25) is 0 Å². The summed E-state index contributed by atoms with van der Waals surface area (Å²) >= 11 is 0. The molecule has 4 aromatic carbocycles. The molecule has 5 nitrogen and oxygen atoms in total. The molecule has 0 saturated carbocycles. The summed E-state index contributed by atoms with van der Waals surface area (Å²) in [4.78, 5) is 0. The Bertz CT molecular complexity index is 1000. The van der Waals surface area contributed by atoms with Crippen LogP contribution in [0.5, 0.6) is 0 Å². The Labute approximate surface area is 212 Å². The Morgan fingerprint density at radius 2 is 0.971 bits per heavy atom. The van der Waals surface area contributed by atoms with Gasteiger partial charge in [0.25, 0.3) is 8.32 Å². The second kappa shape index (κ2) is 14.0. The zero-order valence-corrected chi connectivity index (χ0v) is 23.9. The van der Waals surface area contributed by atoms with Crippen LogP contribution >= 0.6 is 0 Å². The van der Waals surface area contributed by atoms with Gasteiger partial charge in [-0.25, -0.2) is 0 Å². The van der Waals surface area contributed by atoms with Crippen molar-refractivity contribution in [2.45, 2.75) is 6.10 Å². The zero-order chi connectivity index (χ0) is 24.9. The minimum absolute atomic E-state index is 0.365. The van der Waals surface area contributed by atoms with Gasteiger partial charge in [-0.15, -0.1) is 0 Å². The molecule has 3 N–H and O–H groups in total. The van der Waals surface area contributed by atoms with Crippen molar-refractivity contribution >= 4 is 48.8 Å². The van der Waals surface area contributed by atoms with Gasteiger partial charge in [0.1, 0.15) is 16.6 Å². The maximum absolute atomic E-state index is 8.17. The van der Waals surface area contributed by atoms with E-state index >= 15 is 0 Å². The third kappa shape index (κ3) is 6.94. The van der Waals surface area contributed by atoms with E-state index in [1.54, 1.807) is 0 Å². The molecule has 0 fully saturated rings. The van der Waals surface area contributed by atoms with Crippen LogP contribution in [0.4, 0.5) is 0 Å². The van der Waals surface area contributed by atoms with Gasteiger partial charge in [0.2, 0.25) is 0 Å². The van der Waals surface area contributed by atoms with Gasteiger partial charge >= 0.3 is 9.28 Å². The van der Waals surface area contributed by atoms with Gasteiger partial charge in [0, 0.05) is 0 Å². The first-order valence-corrected chi connectivity index (χ1v) is 15.7. The average Bonchev–Trinajstić information content (AvgIpc) is 2.95. The van der Waals surface area contributed by atoms with Gasteiger partial charge in [-0.1, -0.05) is 121 Å². The van der Waals surface area contributed by atoms with Crippen molar-refractivity contribution in [3.05, 3.63) is 121 Å². The van der Waals surface area contributed by atoms with E-state index in [9.17, 15) is 0 Å². The monoisotopic (exact) mass is 520 g/mol. The lowest BCUT2D eigenvalue weighted by atomic mass is 10.3. The Morgan fingerprint density at radius 3 is 1.26 bits per heavy atom. The number of aliphatic hydroxyl groups excluding tert-OH is 3. The molecule has 0 aromatic heterocycles. The third-order valence-corrected chi connectivity index (χ3v) is 13.9. The zero-order valence-electron chi connectivity index (χ0n) is 19.8. The van der Waals surface area contributed by atoms with Crippen molar-refractivity contribution in [2.75, 3.05) is 13.2 Å². The van der Waals surface area contributed by atoms with E-state index in [0.717, 1.165) is 0 Å². The van der Waals surface area contributed by atoms with Gasteiger partial charge in [0.05, 0.1) is 13.2 Å². The molecular weight excluding hydrogens is 489 g/mol. The van der Waals surface area contributed by atoms with Crippen LogP contribution in [0.15, 0.2) is 121 Å². The molecule has 0 spiro atoms. The first-order valence-electron chi connectivity index (χ1n) is 11.5. The Hall–Kier alpha value is -2.67. The molecular formula is C27H32O5Si3. The highest BCUT2D eigenvalue weighted by atomic mass is 28.4. The summed E-state index contributed by atoms with van der Waals surface area (Å²) in [7, 11) is -4.17. The lowest BCUT2D eigenvalue weighted by Gasteiger charge is -2.36. The summed E-state index contributed by atoms with van der Waals surface area (Å²) in [6.07, 6.45) is -0.954. The molecule has 0 bridgehead atoms. The summed E-state index contributed by atoms with van der Waals surface area (Å²) in [5.74, 6) is 0. The summed E-state index contributed by atoms with van der Waals surface area (Å²) < 4.78 is 13.4. The van der Waals surface area contributed by atoms with Crippen LogP contribution in [0, 0.1) is 0 Å². The molecule has 0 aliphatic carbocycles. The van der Waals surface area contributed by atoms with Crippen LogP contribution in [0.1, 0.15) is 0 Å². The van der Waals surface area contributed by atoms with Crippen molar-refractivity contribution < 1.29 is 23.5 Å². The van der Waals surface area contributed by atoms with Crippen LogP contribution < -0.4 is 20.7 Å². The average molecular weight is 521 g/mol. The number of aliphatic hydroxyl groups is 3. The van der Waals surface area contributed by atoms with Crippen LogP contribution in [0.3, 0.4) is 0 Å². The van der Waals surface area contributed by atoms with Crippen LogP contribution in [0.25, 0.3) is 0 Å². The quantitative estimate of drug-likeness (QED) is 0.203. The second-order valence-electron chi connectivity index (χ2n) is 7.89. The summed E-state index contributed by atoms with van der Waals surface area (Å²) in [5.41, 5.74) is 0. The predicted octanol–water partition coefficient (Wildman–Crippen LogP) is -0.573. The van der Waals surface area contributed by atoms with E-state index < -0.39 is 23.7 Å². The van der Waals surface area contributed by atoms with Crippen molar-refractivity contribution in [3.8, 4) is 0 Å². The minimum Gasteiger partial charge on any atom is -0.444 e. The first-order chi connectivity index (χ1) is 17.2. The molecule has 8 heteroatoms. The van der Waals surface area contributed by atoms with E-state index in [2.05, 4.69) is 115 Å². The number of rotatable bonds is 9. The van der Waals surface area contributed by atoms with Gasteiger partial charge in [-0.2, -0.15) is 0 Å². The van der Waals surface area contributed by atoms with Gasteiger partial charge in [-0.05, 0) is 20.7 Å². The Balaban J connectivity index is 0.000000509. The smallest absolute Gasteiger partial charge is 0.335 e. The summed E-state index contributed by atoms with van der Waals surface area (Å²) in [5, 5.41) is 28.9. The van der Waals surface area contributed by atoms with E-state index in [-0.39, 0.29) is 13.2 Å². The first kappa shape index (κ1) is 26.9. The largest absolute Gasteiger partial charge is 0.444 e. The topological polar surface area (TPSA) is 79.2 Å². The number of hydrogen-bond acceptors (Lipinski definition) is 5. The van der Waals surface area contributed by atoms with Crippen molar-refractivity contribution in [2.24, 2.45) is 0 Å². The van der Waals surface area contributed by atoms with E-state index in [1.807, 2.05) is 6.07 Å². The molecule has 4 rings (SSSR count). The molecule has 4 aromatic rings. The van der Waals surface area contributed by atoms with Gasteiger partial charge < -0.3 is 23.5 Å². The molecule has 182 valence electrons. The number of hydrogen-bond donors (Lipinski definition) is 3. The fourth-order valence-electron chi connectivity index (χ4n) is 3.80. The maximum Gasteiger partial charge on any atom is 0.335 e. The number of benzene rings is 4. The van der Waals surface area contributed by atoms with E-state index in [1.165, 1.54) is 20.7 Å². The minimum atomic E-state index is -2.73. The Kier molecular flexibility index (Phi) is 10.8. The summed E-state index contributed by atoms with van der Waals surface area (Å²) in [6, 6.07) is 42.5. The fourth-order valence-corrected chi connectivity index (χ4v) is 13.1. The highest BCUT2D eigenvalue weighted by Crippen LogP contribution is 2.12. The molecule has 1 unspecified atom stereocenters. The highest BCUT2D eigenvalue weighted by Gasteiger charge is 2.44. The molecule has 0 radical (unpaired) electrons. The lowest BCUT2D eigenvalue weighted by molar-refractivity contribution is 0.0450. The van der Waals surface area contributed by atoms with E-state index in [0.29, 0.717) is 10.5 Å². The SMILES string of the molecule is OCC(O)CO.[SiH3]O[SiH](O[Si](c1ccccc1)(c1ccccc1)c1ccccc1)c1ccccc1. The van der Waals surface area contributed by atoms with E-state index in [4.69, 9.17) is 23.5 Å². The molecule has 0 saturated heterocycles. The molecule has 0 amide bonds. The molecule has 0 aliphatic rings. The van der Waals surface area contributed by atoms with Crippen LogP contribution in [0.2, 0.25) is 0 Å². The highest BCUT2D eigenvalue weighted by molar-refractivity contribution is 7.09. The third-order valence-electron chi connectivity index (χ3n) is 5.53. The molecule has 0 aliphatic heterocycles. The maximum atomic E-state index is 8.17. The normalized spacial score (nSPS) is 12.1. The standard InChI is InChI=1S/C24H24O2Si3.C3H8O3/c27-25-28(21-13-5-1-6-14-21)26-29(22-15-7-2-8-16-22,23-17-9-3-10-18-23)24-19-11-4-12-20-24;4-1-3(6)2-5/h1-20,28H,27H3;3-6H,1-2H2. The molecule has 1 atom stereocenters. The van der Waals surface area contributed by atoms with Crippen LogP contribution in [-0.4, -0.2) is 62.7 Å². The predicted molar refractivity (Wildman–Crippen MR) is 149 cm³/mol. The van der Waals surface area contributed by atoms with Crippen molar-refractivity contribution in [1.82, 2.24) is 0 Å². The summed E-state index contributed by atoms with van der Waals surface area (Å²) in [6.45, 7) is -0.729. The Morgan fingerprint density at radius 1 is 0.629 bits per heavy atom. The molecule has 35 heavy (non-hydrogen) atoms. The van der Waals surface area contributed by atoms with Crippen molar-refractivity contribution in [1.29, 1.82) is 0 Å².